The summed E-state index contributed by atoms with van der Waals surface area (Å²) in [4.78, 5) is 10.5. The minimum atomic E-state index is -1.64. The van der Waals surface area contributed by atoms with Gasteiger partial charge in [-0.25, -0.2) is 4.79 Å². The van der Waals surface area contributed by atoms with E-state index < -0.39 is 11.6 Å². The molecule has 3 N–H and O–H groups in total. The molecule has 1 fully saturated rings. The fraction of sp³-hybridized carbons (Fsp3) is 0.900. The molecule has 4 heteroatoms. The van der Waals surface area contributed by atoms with E-state index >= 15 is 0 Å². The van der Waals surface area contributed by atoms with E-state index in [0.29, 0.717) is 0 Å². The summed E-state index contributed by atoms with van der Waals surface area (Å²) in [5.74, 6) is -0.260. The highest BCUT2D eigenvalue weighted by Crippen LogP contribution is 2.33. The van der Waals surface area contributed by atoms with Crippen LogP contribution in [-0.4, -0.2) is 34.9 Å². The number of carboxylic acids is 1. The average Bonchev–Trinajstić information content (AvgIpc) is 2.87. The molecule has 0 radical (unpaired) electrons. The van der Waals surface area contributed by atoms with Crippen LogP contribution in [0.2, 0.25) is 0 Å². The Balaban J connectivity index is 1.98. The molecule has 1 rings (SSSR count). The predicted octanol–water partition coefficient (Wildman–Crippen LogP) is 0.602. The second kappa shape index (κ2) is 4.75. The number of carboxylic acid groups (broad SMARTS) is 1. The lowest BCUT2D eigenvalue weighted by atomic mass is 10.1. The summed E-state index contributed by atoms with van der Waals surface area (Å²) in [6.07, 6.45) is 5.00. The van der Waals surface area contributed by atoms with E-state index in [-0.39, 0.29) is 6.54 Å². The van der Waals surface area contributed by atoms with Gasteiger partial charge in [-0.15, -0.1) is 0 Å². The molecule has 0 aromatic heterocycles. The van der Waals surface area contributed by atoms with Crippen LogP contribution < -0.4 is 5.32 Å². The third-order valence-corrected chi connectivity index (χ3v) is 2.59. The molecule has 1 saturated carbocycles. The van der Waals surface area contributed by atoms with Crippen molar-refractivity contribution in [2.75, 3.05) is 13.1 Å². The van der Waals surface area contributed by atoms with Gasteiger partial charge in [-0.05, 0) is 32.2 Å². The zero-order valence-electron chi connectivity index (χ0n) is 8.62. The van der Waals surface area contributed by atoms with Crippen LogP contribution >= 0.6 is 0 Å². The molecule has 0 spiro atoms. The first-order valence-corrected chi connectivity index (χ1v) is 5.19. The maximum Gasteiger partial charge on any atom is 0.336 e. The summed E-state index contributed by atoms with van der Waals surface area (Å²) in [5.41, 5.74) is -1.64. The Morgan fingerprint density at radius 3 is 2.71 bits per heavy atom. The zero-order valence-corrected chi connectivity index (χ0v) is 8.62. The van der Waals surface area contributed by atoms with Crippen LogP contribution in [0.5, 0.6) is 0 Å². The monoisotopic (exact) mass is 201 g/mol. The minimum absolute atomic E-state index is 0.118. The fourth-order valence-electron chi connectivity index (χ4n) is 1.33. The van der Waals surface area contributed by atoms with Gasteiger partial charge in [-0.1, -0.05) is 12.8 Å². The maximum atomic E-state index is 10.5. The largest absolute Gasteiger partial charge is 0.479 e. The molecule has 4 nitrogen and oxygen atoms in total. The maximum absolute atomic E-state index is 10.5. The highest BCUT2D eigenvalue weighted by atomic mass is 16.4. The number of nitrogens with one attached hydrogen (secondary N) is 1. The summed E-state index contributed by atoms with van der Waals surface area (Å²) in [7, 11) is 0. The summed E-state index contributed by atoms with van der Waals surface area (Å²) >= 11 is 0. The third-order valence-electron chi connectivity index (χ3n) is 2.59. The Morgan fingerprint density at radius 1 is 1.57 bits per heavy atom. The molecular formula is C10H19NO3. The number of hydrogen-bond acceptors (Lipinski definition) is 3. The van der Waals surface area contributed by atoms with Gasteiger partial charge >= 0.3 is 5.97 Å². The Morgan fingerprint density at radius 2 is 2.21 bits per heavy atom. The minimum Gasteiger partial charge on any atom is -0.479 e. The summed E-state index contributed by atoms with van der Waals surface area (Å²) in [5, 5.41) is 20.9. The molecule has 0 heterocycles. The molecule has 1 aliphatic rings. The van der Waals surface area contributed by atoms with Gasteiger partial charge in [0.1, 0.15) is 0 Å². The van der Waals surface area contributed by atoms with Gasteiger partial charge in [0.25, 0.3) is 0 Å². The lowest BCUT2D eigenvalue weighted by Gasteiger charge is -2.18. The van der Waals surface area contributed by atoms with Gasteiger partial charge in [0.15, 0.2) is 5.60 Å². The van der Waals surface area contributed by atoms with Crippen LogP contribution in [0, 0.1) is 5.92 Å². The van der Waals surface area contributed by atoms with Crippen LogP contribution in [0.25, 0.3) is 0 Å². The van der Waals surface area contributed by atoms with Crippen molar-refractivity contribution in [3.63, 3.8) is 0 Å². The first-order valence-electron chi connectivity index (χ1n) is 5.19. The van der Waals surface area contributed by atoms with E-state index in [4.69, 9.17) is 5.11 Å². The molecule has 1 unspecified atom stereocenters. The van der Waals surface area contributed by atoms with E-state index in [1.54, 1.807) is 0 Å². The molecule has 0 aromatic carbocycles. The first kappa shape index (κ1) is 11.5. The van der Waals surface area contributed by atoms with Crippen LogP contribution in [0.1, 0.15) is 32.6 Å². The van der Waals surface area contributed by atoms with Crippen molar-refractivity contribution < 1.29 is 15.0 Å². The number of aliphatic carboxylic acids is 1. The van der Waals surface area contributed by atoms with Crippen molar-refractivity contribution in [1.29, 1.82) is 0 Å². The molecule has 0 aromatic rings. The van der Waals surface area contributed by atoms with Gasteiger partial charge in [0, 0.05) is 6.54 Å². The lowest BCUT2D eigenvalue weighted by molar-refractivity contribution is -0.156. The topological polar surface area (TPSA) is 69.6 Å². The average molecular weight is 201 g/mol. The highest BCUT2D eigenvalue weighted by Gasteiger charge is 2.29. The van der Waals surface area contributed by atoms with Gasteiger partial charge < -0.3 is 15.5 Å². The molecule has 0 saturated heterocycles. The predicted molar refractivity (Wildman–Crippen MR) is 53.1 cm³/mol. The van der Waals surface area contributed by atoms with Crippen molar-refractivity contribution in [2.24, 2.45) is 5.92 Å². The first-order chi connectivity index (χ1) is 6.52. The highest BCUT2D eigenvalue weighted by molar-refractivity contribution is 5.76. The normalized spacial score (nSPS) is 20.4. The Bertz CT molecular complexity index is 200. The molecule has 0 amide bonds. The van der Waals surface area contributed by atoms with Crippen molar-refractivity contribution in [3.05, 3.63) is 0 Å². The Kier molecular flexibility index (Phi) is 3.89. The number of rotatable bonds is 7. The van der Waals surface area contributed by atoms with Gasteiger partial charge in [0.05, 0.1) is 0 Å². The van der Waals surface area contributed by atoms with Crippen LogP contribution in [0.3, 0.4) is 0 Å². The van der Waals surface area contributed by atoms with E-state index in [1.165, 1.54) is 26.2 Å². The number of hydrogen-bond donors (Lipinski definition) is 3. The Hall–Kier alpha value is -0.610. The van der Waals surface area contributed by atoms with E-state index in [1.807, 2.05) is 0 Å². The zero-order chi connectivity index (χ0) is 10.6. The van der Waals surface area contributed by atoms with Gasteiger partial charge in [-0.3, -0.25) is 0 Å². The molecule has 82 valence electrons. The Labute approximate surface area is 84.3 Å². The summed E-state index contributed by atoms with van der Waals surface area (Å²) < 4.78 is 0. The fourth-order valence-corrected chi connectivity index (χ4v) is 1.33. The molecular weight excluding hydrogens is 182 g/mol. The van der Waals surface area contributed by atoms with E-state index in [9.17, 15) is 9.90 Å². The number of carbonyl (C=O) groups is 1. The summed E-state index contributed by atoms with van der Waals surface area (Å²) in [6, 6.07) is 0. The molecule has 1 atom stereocenters. The lowest BCUT2D eigenvalue weighted by Crippen LogP contribution is -2.45. The molecule has 14 heavy (non-hydrogen) atoms. The summed E-state index contributed by atoms with van der Waals surface area (Å²) in [6.45, 7) is 2.22. The molecule has 0 aliphatic heterocycles. The van der Waals surface area contributed by atoms with E-state index in [2.05, 4.69) is 5.32 Å². The van der Waals surface area contributed by atoms with Crippen molar-refractivity contribution in [3.8, 4) is 0 Å². The SMILES string of the molecule is CC(O)(CNCCCC1CC1)C(=O)O. The quantitative estimate of drug-likeness (QED) is 0.528. The van der Waals surface area contributed by atoms with Crippen molar-refractivity contribution >= 4 is 5.97 Å². The standard InChI is InChI=1S/C10H19NO3/c1-10(14,9(12)13)7-11-6-2-3-8-4-5-8/h8,11,14H,2-7H2,1H3,(H,12,13). The van der Waals surface area contributed by atoms with Crippen molar-refractivity contribution in [1.82, 2.24) is 5.32 Å². The van der Waals surface area contributed by atoms with E-state index in [0.717, 1.165) is 18.9 Å². The number of aliphatic hydroxyl groups is 1. The van der Waals surface area contributed by atoms with Crippen LogP contribution in [0.4, 0.5) is 0 Å². The van der Waals surface area contributed by atoms with Gasteiger partial charge in [-0.2, -0.15) is 0 Å². The van der Waals surface area contributed by atoms with Gasteiger partial charge in [0.2, 0.25) is 0 Å². The second-order valence-corrected chi connectivity index (χ2v) is 4.34. The molecule has 0 bridgehead atoms. The smallest absolute Gasteiger partial charge is 0.336 e. The van der Waals surface area contributed by atoms with Crippen LogP contribution in [0.15, 0.2) is 0 Å². The molecule has 1 aliphatic carbocycles. The third kappa shape index (κ3) is 4.07. The second-order valence-electron chi connectivity index (χ2n) is 4.34. The van der Waals surface area contributed by atoms with Crippen molar-refractivity contribution in [2.45, 2.75) is 38.2 Å². The van der Waals surface area contributed by atoms with Crippen LogP contribution in [-0.2, 0) is 4.79 Å².